The second kappa shape index (κ2) is 6.37. The van der Waals surface area contributed by atoms with E-state index in [4.69, 9.17) is 0 Å². The van der Waals surface area contributed by atoms with Crippen LogP contribution in [-0.2, 0) is 20.0 Å². The smallest absolute Gasteiger partial charge is 0.283 e. The van der Waals surface area contributed by atoms with Crippen molar-refractivity contribution in [3.63, 3.8) is 0 Å². The highest BCUT2D eigenvalue weighted by Crippen LogP contribution is 2.21. The Balaban J connectivity index is 2.07. The number of benzene rings is 1. The lowest BCUT2D eigenvalue weighted by atomic mass is 10.1. The third kappa shape index (κ3) is 2.54. The van der Waals surface area contributed by atoms with Gasteiger partial charge in [0.1, 0.15) is 0 Å². The number of allylic oxidation sites excluding steroid dienone is 1. The first-order valence-corrected chi connectivity index (χ1v) is 9.27. The first-order valence-electron chi connectivity index (χ1n) is 9.27. The van der Waals surface area contributed by atoms with Gasteiger partial charge in [-0.25, -0.2) is 4.79 Å². The number of hydrogen-bond acceptors (Lipinski definition) is 3. The Morgan fingerprint density at radius 1 is 1.18 bits per heavy atom. The van der Waals surface area contributed by atoms with Gasteiger partial charge in [-0.3, -0.25) is 22.9 Å². The molecule has 1 aromatic carbocycles. The van der Waals surface area contributed by atoms with E-state index < -0.39 is 5.69 Å². The molecule has 7 nitrogen and oxygen atoms in total. The van der Waals surface area contributed by atoms with Crippen LogP contribution in [0.5, 0.6) is 0 Å². The van der Waals surface area contributed by atoms with Crippen LogP contribution < -0.4 is 11.2 Å². The maximum absolute atomic E-state index is 13.1. The molecule has 0 aliphatic rings. The van der Waals surface area contributed by atoms with E-state index in [0.717, 1.165) is 23.4 Å². The summed E-state index contributed by atoms with van der Waals surface area (Å²) in [4.78, 5) is 30.4. The Bertz CT molecular complexity index is 1350. The highest BCUT2D eigenvalue weighted by Gasteiger charge is 2.20. The lowest BCUT2D eigenvalue weighted by Crippen LogP contribution is -2.39. The highest BCUT2D eigenvalue weighted by molar-refractivity contribution is 5.76. The predicted octanol–water partition coefficient (Wildman–Crippen LogP) is 2.59. The zero-order valence-corrected chi connectivity index (χ0v) is 16.6. The summed E-state index contributed by atoms with van der Waals surface area (Å²) in [5, 5.41) is 0. The van der Waals surface area contributed by atoms with Gasteiger partial charge in [0, 0.05) is 24.6 Å². The minimum atomic E-state index is -0.392. The fourth-order valence-corrected chi connectivity index (χ4v) is 3.62. The van der Waals surface area contributed by atoms with Crippen LogP contribution in [0.4, 0.5) is 0 Å². The van der Waals surface area contributed by atoms with Gasteiger partial charge in [0.05, 0.1) is 6.54 Å². The third-order valence-corrected chi connectivity index (χ3v) is 5.06. The van der Waals surface area contributed by atoms with Gasteiger partial charge < -0.3 is 0 Å². The van der Waals surface area contributed by atoms with Gasteiger partial charge in [-0.1, -0.05) is 31.2 Å². The first-order chi connectivity index (χ1) is 13.3. The number of rotatable bonds is 4. The molecule has 0 spiro atoms. The molecule has 0 amide bonds. The third-order valence-electron chi connectivity index (χ3n) is 5.06. The summed E-state index contributed by atoms with van der Waals surface area (Å²) in [5.74, 6) is 0.608. The molecule has 0 bridgehead atoms. The molecule has 0 aliphatic heterocycles. The Kier molecular flexibility index (Phi) is 4.10. The fourth-order valence-electron chi connectivity index (χ4n) is 3.62. The molecular weight excluding hydrogens is 354 g/mol. The molecule has 28 heavy (non-hydrogen) atoms. The fraction of sp³-hybridized carbons (Fsp3) is 0.286. The van der Waals surface area contributed by atoms with E-state index in [2.05, 4.69) is 30.6 Å². The molecule has 4 aromatic rings. The lowest BCUT2D eigenvalue weighted by Gasteiger charge is -2.07. The van der Waals surface area contributed by atoms with Crippen molar-refractivity contribution < 1.29 is 0 Å². The summed E-state index contributed by atoms with van der Waals surface area (Å²) in [6.45, 7) is 9.90. The Hall–Kier alpha value is -3.35. The normalized spacial score (nSPS) is 11.6. The van der Waals surface area contributed by atoms with Crippen LogP contribution in [0.2, 0.25) is 0 Å². The van der Waals surface area contributed by atoms with Gasteiger partial charge in [-0.15, -0.1) is 0 Å². The van der Waals surface area contributed by atoms with Crippen molar-refractivity contribution in [3.8, 4) is 5.69 Å². The maximum atomic E-state index is 13.1. The van der Waals surface area contributed by atoms with Gasteiger partial charge in [-0.2, -0.15) is 4.98 Å². The molecule has 0 fully saturated rings. The standard InChI is InChI=1S/C21H23N5O2/c1-6-15-7-9-16(10-8-15)26-14(4)12-24-17-18(22-20(24)26)23(5)21(28)25(19(17)27)11-13(2)3/h7-10,12H,2,6,11H2,1,3-5H3. The van der Waals surface area contributed by atoms with Crippen molar-refractivity contribution in [1.29, 1.82) is 0 Å². The first kappa shape index (κ1) is 18.0. The van der Waals surface area contributed by atoms with E-state index in [9.17, 15) is 9.59 Å². The minimum absolute atomic E-state index is 0.187. The van der Waals surface area contributed by atoms with Gasteiger partial charge >= 0.3 is 5.69 Å². The van der Waals surface area contributed by atoms with Gasteiger partial charge in [0.25, 0.3) is 5.56 Å². The summed E-state index contributed by atoms with van der Waals surface area (Å²) < 4.78 is 6.40. The molecule has 3 heterocycles. The van der Waals surface area contributed by atoms with Crippen molar-refractivity contribution in [2.24, 2.45) is 7.05 Å². The van der Waals surface area contributed by atoms with E-state index in [1.54, 1.807) is 18.4 Å². The SMILES string of the molecule is C=C(C)Cn1c(=O)c2c(nc3n(-c4ccc(CC)cc4)c(C)cn23)n(C)c1=O. The van der Waals surface area contributed by atoms with Crippen LogP contribution in [0, 0.1) is 6.92 Å². The highest BCUT2D eigenvalue weighted by atomic mass is 16.2. The van der Waals surface area contributed by atoms with Gasteiger partial charge in [-0.05, 0) is 38.0 Å². The van der Waals surface area contributed by atoms with Crippen LogP contribution in [0.25, 0.3) is 22.6 Å². The van der Waals surface area contributed by atoms with E-state index >= 15 is 0 Å². The molecule has 0 N–H and O–H groups in total. The van der Waals surface area contributed by atoms with Crippen LogP contribution in [0.3, 0.4) is 0 Å². The van der Waals surface area contributed by atoms with Crippen molar-refractivity contribution in [2.45, 2.75) is 33.7 Å². The van der Waals surface area contributed by atoms with Crippen LogP contribution in [-0.4, -0.2) is 23.1 Å². The molecule has 3 aromatic heterocycles. The maximum Gasteiger partial charge on any atom is 0.332 e. The van der Waals surface area contributed by atoms with Crippen molar-refractivity contribution >= 4 is 16.9 Å². The largest absolute Gasteiger partial charge is 0.332 e. The van der Waals surface area contributed by atoms with Crippen LogP contribution >= 0.6 is 0 Å². The average Bonchev–Trinajstić information content (AvgIpc) is 3.18. The second-order valence-electron chi connectivity index (χ2n) is 7.27. The zero-order chi connectivity index (χ0) is 20.2. The van der Waals surface area contributed by atoms with Crippen molar-refractivity contribution in [3.05, 3.63) is 74.7 Å². The van der Waals surface area contributed by atoms with Gasteiger partial charge in [0.15, 0.2) is 11.2 Å². The molecule has 0 saturated heterocycles. The zero-order valence-electron chi connectivity index (χ0n) is 16.6. The average molecular weight is 377 g/mol. The van der Waals surface area contributed by atoms with E-state index in [0.29, 0.717) is 16.9 Å². The molecule has 0 atom stereocenters. The molecule has 0 unspecified atom stereocenters. The Labute approximate surface area is 161 Å². The molecule has 0 saturated carbocycles. The molecule has 0 aliphatic carbocycles. The number of aryl methyl sites for hydroxylation is 3. The van der Waals surface area contributed by atoms with E-state index in [1.165, 1.54) is 14.7 Å². The number of aromatic nitrogens is 5. The number of hydrogen-bond donors (Lipinski definition) is 0. The number of fused-ring (bicyclic) bond motifs is 3. The molecule has 7 heteroatoms. The summed E-state index contributed by atoms with van der Waals surface area (Å²) in [6, 6.07) is 8.26. The second-order valence-corrected chi connectivity index (χ2v) is 7.27. The minimum Gasteiger partial charge on any atom is -0.283 e. The van der Waals surface area contributed by atoms with E-state index in [-0.39, 0.29) is 12.1 Å². The lowest BCUT2D eigenvalue weighted by molar-refractivity contribution is 0.651. The van der Waals surface area contributed by atoms with Crippen molar-refractivity contribution in [2.75, 3.05) is 0 Å². The number of nitrogens with zero attached hydrogens (tertiary/aromatic N) is 5. The predicted molar refractivity (Wildman–Crippen MR) is 110 cm³/mol. The van der Waals surface area contributed by atoms with Crippen LogP contribution in [0.1, 0.15) is 25.1 Å². The topological polar surface area (TPSA) is 66.2 Å². The Morgan fingerprint density at radius 2 is 1.86 bits per heavy atom. The summed E-state index contributed by atoms with van der Waals surface area (Å²) in [7, 11) is 1.64. The summed E-state index contributed by atoms with van der Waals surface area (Å²) in [6.07, 6.45) is 2.85. The molecular formula is C21H23N5O2. The van der Waals surface area contributed by atoms with E-state index in [1.807, 2.05) is 29.8 Å². The molecule has 144 valence electrons. The summed E-state index contributed by atoms with van der Waals surface area (Å²) in [5.41, 5.74) is 3.93. The molecule has 4 rings (SSSR count). The van der Waals surface area contributed by atoms with Gasteiger partial charge in [0.2, 0.25) is 5.78 Å². The van der Waals surface area contributed by atoms with Crippen molar-refractivity contribution in [1.82, 2.24) is 23.1 Å². The summed E-state index contributed by atoms with van der Waals surface area (Å²) >= 11 is 0. The monoisotopic (exact) mass is 377 g/mol. The quantitative estimate of drug-likeness (QED) is 0.514. The number of imidazole rings is 2. The Morgan fingerprint density at radius 3 is 2.46 bits per heavy atom. The molecule has 0 radical (unpaired) electrons. The van der Waals surface area contributed by atoms with Crippen LogP contribution in [0.15, 0.2) is 52.2 Å².